The number of fused-ring (bicyclic) bond motifs is 2. The molecule has 0 saturated carbocycles. The lowest BCUT2D eigenvalue weighted by Crippen LogP contribution is -2.43. The second-order valence-corrected chi connectivity index (χ2v) is 7.42. The summed E-state index contributed by atoms with van der Waals surface area (Å²) in [7, 11) is 0. The summed E-state index contributed by atoms with van der Waals surface area (Å²) < 4.78 is 12.3. The lowest BCUT2D eigenvalue weighted by atomic mass is 9.81. The first-order valence-electron chi connectivity index (χ1n) is 7.14. The SMILES string of the molecule is CC12CCC(C(C)(C)Cl)(C=C1OCc1ccccc1)O2. The highest BCUT2D eigenvalue weighted by atomic mass is 35.5. The summed E-state index contributed by atoms with van der Waals surface area (Å²) in [6, 6.07) is 10.2. The Balaban J connectivity index is 1.79. The molecule has 1 saturated heterocycles. The normalized spacial score (nSPS) is 32.3. The molecule has 2 atom stereocenters. The molecule has 2 bridgehead atoms. The van der Waals surface area contributed by atoms with Crippen LogP contribution in [-0.4, -0.2) is 16.1 Å². The second kappa shape index (κ2) is 4.51. The number of benzene rings is 1. The molecule has 0 N–H and O–H groups in total. The first kappa shape index (κ1) is 14.0. The van der Waals surface area contributed by atoms with Gasteiger partial charge in [0.05, 0.1) is 4.87 Å². The molecule has 0 aliphatic carbocycles. The zero-order valence-electron chi connectivity index (χ0n) is 12.3. The van der Waals surface area contributed by atoms with Crippen LogP contribution >= 0.6 is 11.6 Å². The van der Waals surface area contributed by atoms with Crippen LogP contribution in [0.4, 0.5) is 0 Å². The quantitative estimate of drug-likeness (QED) is 0.765. The van der Waals surface area contributed by atoms with E-state index in [-0.39, 0.29) is 5.60 Å². The van der Waals surface area contributed by atoms with E-state index < -0.39 is 10.5 Å². The molecule has 0 amide bonds. The largest absolute Gasteiger partial charge is 0.490 e. The summed E-state index contributed by atoms with van der Waals surface area (Å²) >= 11 is 6.54. The van der Waals surface area contributed by atoms with Crippen LogP contribution in [-0.2, 0) is 16.1 Å². The average Bonchev–Trinajstić information content (AvgIpc) is 2.89. The summed E-state index contributed by atoms with van der Waals surface area (Å²) in [5.41, 5.74) is 0.454. The van der Waals surface area contributed by atoms with Crippen LogP contribution in [0.3, 0.4) is 0 Å². The second-order valence-electron chi connectivity index (χ2n) is 6.48. The standard InChI is InChI=1S/C17H21ClO2/c1-15(2,18)17-10-9-16(3,20-17)14(11-17)19-12-13-7-5-4-6-8-13/h4-8,11H,9-10,12H2,1-3H3. The van der Waals surface area contributed by atoms with E-state index in [9.17, 15) is 0 Å². The Bertz CT molecular complexity index is 532. The van der Waals surface area contributed by atoms with Gasteiger partial charge in [-0.2, -0.15) is 0 Å². The summed E-state index contributed by atoms with van der Waals surface area (Å²) in [6.45, 7) is 6.69. The average molecular weight is 293 g/mol. The summed E-state index contributed by atoms with van der Waals surface area (Å²) in [6.07, 6.45) is 4.02. The molecule has 3 heteroatoms. The third kappa shape index (κ3) is 2.15. The van der Waals surface area contributed by atoms with E-state index in [1.807, 2.05) is 32.0 Å². The van der Waals surface area contributed by atoms with Crippen LogP contribution < -0.4 is 0 Å². The van der Waals surface area contributed by atoms with Crippen molar-refractivity contribution in [2.75, 3.05) is 0 Å². The lowest BCUT2D eigenvalue weighted by molar-refractivity contribution is -0.0603. The van der Waals surface area contributed by atoms with E-state index in [4.69, 9.17) is 21.1 Å². The summed E-state index contributed by atoms with van der Waals surface area (Å²) in [4.78, 5) is -0.428. The molecule has 0 radical (unpaired) electrons. The van der Waals surface area contributed by atoms with Gasteiger partial charge >= 0.3 is 0 Å². The number of ether oxygens (including phenoxy) is 2. The topological polar surface area (TPSA) is 18.5 Å². The number of rotatable bonds is 4. The molecular formula is C17H21ClO2. The monoisotopic (exact) mass is 292 g/mol. The maximum absolute atomic E-state index is 6.54. The number of alkyl halides is 1. The fraction of sp³-hybridized carbons (Fsp3) is 0.529. The van der Waals surface area contributed by atoms with Gasteiger partial charge in [-0.1, -0.05) is 30.3 Å². The highest BCUT2D eigenvalue weighted by molar-refractivity contribution is 6.24. The third-order valence-corrected chi connectivity index (χ3v) is 4.83. The van der Waals surface area contributed by atoms with Crippen molar-refractivity contribution < 1.29 is 9.47 Å². The number of hydrogen-bond acceptors (Lipinski definition) is 2. The van der Waals surface area contributed by atoms with Crippen molar-refractivity contribution >= 4 is 11.6 Å². The van der Waals surface area contributed by atoms with Gasteiger partial charge in [0.25, 0.3) is 0 Å². The van der Waals surface area contributed by atoms with E-state index in [0.29, 0.717) is 6.61 Å². The van der Waals surface area contributed by atoms with Crippen LogP contribution in [0.1, 0.15) is 39.2 Å². The highest BCUT2D eigenvalue weighted by Crippen LogP contribution is 2.56. The van der Waals surface area contributed by atoms with Crippen LogP contribution in [0.15, 0.2) is 42.2 Å². The van der Waals surface area contributed by atoms with Crippen molar-refractivity contribution in [2.45, 2.75) is 56.3 Å². The molecule has 0 aromatic heterocycles. The molecule has 1 aromatic carbocycles. The zero-order valence-corrected chi connectivity index (χ0v) is 13.0. The van der Waals surface area contributed by atoms with Gasteiger partial charge in [-0.3, -0.25) is 0 Å². The van der Waals surface area contributed by atoms with Crippen molar-refractivity contribution in [1.82, 2.24) is 0 Å². The zero-order chi connectivity index (χ0) is 14.4. The highest BCUT2D eigenvalue weighted by Gasteiger charge is 2.60. The van der Waals surface area contributed by atoms with Crippen LogP contribution in [0.2, 0.25) is 0 Å². The molecule has 3 rings (SSSR count). The van der Waals surface area contributed by atoms with Crippen molar-refractivity contribution in [3.8, 4) is 0 Å². The predicted molar refractivity (Wildman–Crippen MR) is 80.7 cm³/mol. The Hall–Kier alpha value is -0.990. The van der Waals surface area contributed by atoms with Crippen molar-refractivity contribution in [1.29, 1.82) is 0 Å². The molecule has 1 aromatic rings. The molecule has 20 heavy (non-hydrogen) atoms. The first-order chi connectivity index (χ1) is 9.35. The minimum absolute atomic E-state index is 0.319. The van der Waals surface area contributed by atoms with Gasteiger partial charge in [-0.25, -0.2) is 0 Å². The van der Waals surface area contributed by atoms with Gasteiger partial charge < -0.3 is 9.47 Å². The summed E-state index contributed by atoms with van der Waals surface area (Å²) in [5.74, 6) is 0.932. The predicted octanol–water partition coefficient (Wildman–Crippen LogP) is 4.43. The van der Waals surface area contributed by atoms with E-state index in [1.54, 1.807) is 0 Å². The smallest absolute Gasteiger partial charge is 0.127 e. The minimum Gasteiger partial charge on any atom is -0.490 e. The van der Waals surface area contributed by atoms with E-state index >= 15 is 0 Å². The molecular weight excluding hydrogens is 272 g/mol. The van der Waals surface area contributed by atoms with Gasteiger partial charge in [0.1, 0.15) is 23.6 Å². The Labute approximate surface area is 125 Å². The number of halogens is 1. The molecule has 2 aliphatic heterocycles. The van der Waals surface area contributed by atoms with Crippen LogP contribution in [0.5, 0.6) is 0 Å². The Morgan fingerprint density at radius 3 is 2.55 bits per heavy atom. The molecule has 1 fully saturated rings. The molecule has 2 unspecified atom stereocenters. The van der Waals surface area contributed by atoms with Crippen LogP contribution in [0.25, 0.3) is 0 Å². The Kier molecular flexibility index (Phi) is 3.15. The van der Waals surface area contributed by atoms with Crippen molar-refractivity contribution in [3.05, 3.63) is 47.7 Å². The van der Waals surface area contributed by atoms with Gasteiger partial charge in [0.15, 0.2) is 0 Å². The fourth-order valence-electron chi connectivity index (χ4n) is 3.09. The maximum Gasteiger partial charge on any atom is 0.127 e. The van der Waals surface area contributed by atoms with Gasteiger partial charge in [-0.15, -0.1) is 11.6 Å². The van der Waals surface area contributed by atoms with Crippen molar-refractivity contribution in [3.63, 3.8) is 0 Å². The fourth-order valence-corrected chi connectivity index (χ4v) is 3.28. The first-order valence-corrected chi connectivity index (χ1v) is 7.52. The van der Waals surface area contributed by atoms with Gasteiger partial charge in [0, 0.05) is 0 Å². The number of hydrogen-bond donors (Lipinski definition) is 0. The maximum atomic E-state index is 6.54. The van der Waals surface area contributed by atoms with Gasteiger partial charge in [-0.05, 0) is 45.3 Å². The molecule has 2 aliphatic rings. The molecule has 0 spiro atoms. The molecule has 2 nitrogen and oxygen atoms in total. The Morgan fingerprint density at radius 2 is 1.95 bits per heavy atom. The summed E-state index contributed by atoms with van der Waals surface area (Å²) in [5, 5.41) is 0. The van der Waals surface area contributed by atoms with Crippen LogP contribution in [0, 0.1) is 0 Å². The van der Waals surface area contributed by atoms with E-state index in [1.165, 1.54) is 5.56 Å². The third-order valence-electron chi connectivity index (χ3n) is 4.51. The molecule has 2 heterocycles. The Morgan fingerprint density at radius 1 is 1.25 bits per heavy atom. The van der Waals surface area contributed by atoms with E-state index in [0.717, 1.165) is 18.6 Å². The minimum atomic E-state index is -0.428. The van der Waals surface area contributed by atoms with E-state index in [2.05, 4.69) is 25.1 Å². The van der Waals surface area contributed by atoms with Crippen molar-refractivity contribution in [2.24, 2.45) is 0 Å². The lowest BCUT2D eigenvalue weighted by Gasteiger charge is -2.34. The molecule has 108 valence electrons. The van der Waals surface area contributed by atoms with Gasteiger partial charge in [0.2, 0.25) is 0 Å².